The molecular weight excluding hydrogens is 256 g/mol. The summed E-state index contributed by atoms with van der Waals surface area (Å²) in [5.41, 5.74) is 0. The molecule has 1 fully saturated rings. The molecule has 1 rings (SSSR count). The van der Waals surface area contributed by atoms with Crippen LogP contribution in [0.5, 0.6) is 0 Å². The lowest BCUT2D eigenvalue weighted by Crippen LogP contribution is -2.44. The summed E-state index contributed by atoms with van der Waals surface area (Å²) < 4.78 is 0. The highest BCUT2D eigenvalue weighted by molar-refractivity contribution is 5.76. The summed E-state index contributed by atoms with van der Waals surface area (Å²) in [6.45, 7) is 4.18. The number of amides is 2. The maximum atomic E-state index is 11.8. The molecule has 116 valence electrons. The lowest BCUT2D eigenvalue weighted by Gasteiger charge is -2.19. The van der Waals surface area contributed by atoms with Crippen LogP contribution in [-0.2, 0) is 4.79 Å². The van der Waals surface area contributed by atoms with E-state index in [2.05, 4.69) is 10.6 Å². The number of hydrogen-bond donors (Lipinski definition) is 3. The van der Waals surface area contributed by atoms with Crippen molar-refractivity contribution < 1.29 is 14.7 Å². The third kappa shape index (κ3) is 6.78. The van der Waals surface area contributed by atoms with E-state index in [4.69, 9.17) is 5.11 Å². The van der Waals surface area contributed by atoms with Gasteiger partial charge in [0.15, 0.2) is 0 Å². The molecule has 1 aliphatic rings. The molecule has 1 aliphatic carbocycles. The van der Waals surface area contributed by atoms with E-state index in [1.807, 2.05) is 13.8 Å². The van der Waals surface area contributed by atoms with Gasteiger partial charge in [-0.2, -0.15) is 0 Å². The number of urea groups is 1. The van der Waals surface area contributed by atoms with E-state index in [0.717, 1.165) is 25.7 Å². The van der Waals surface area contributed by atoms with E-state index in [0.29, 0.717) is 12.3 Å². The first kappa shape index (κ1) is 16.8. The minimum absolute atomic E-state index is 0.200. The molecule has 0 saturated heterocycles. The molecule has 0 aromatic carbocycles. The second-order valence-electron chi connectivity index (χ2n) is 6.21. The van der Waals surface area contributed by atoms with Crippen molar-refractivity contribution in [3.8, 4) is 0 Å². The summed E-state index contributed by atoms with van der Waals surface area (Å²) in [6.07, 6.45) is 7.46. The van der Waals surface area contributed by atoms with Crippen molar-refractivity contribution in [1.29, 1.82) is 0 Å². The maximum Gasteiger partial charge on any atom is 0.315 e. The zero-order valence-electron chi connectivity index (χ0n) is 12.7. The van der Waals surface area contributed by atoms with E-state index >= 15 is 0 Å². The number of hydrogen-bond acceptors (Lipinski definition) is 2. The van der Waals surface area contributed by atoms with Crippen LogP contribution in [0, 0.1) is 11.8 Å². The Bertz CT molecular complexity index is 310. The number of nitrogens with one attached hydrogen (secondary N) is 2. The van der Waals surface area contributed by atoms with Crippen LogP contribution in [0.3, 0.4) is 0 Å². The number of carbonyl (C=O) groups excluding carboxylic acids is 1. The number of carboxylic acid groups (broad SMARTS) is 1. The van der Waals surface area contributed by atoms with E-state index in [-0.39, 0.29) is 18.6 Å². The standard InChI is InChI=1S/C15H28N2O3/c1-11(2)9-12(14(18)19)10-16-15(20)17-13-7-5-3-4-6-8-13/h11-13H,3-10H2,1-2H3,(H,18,19)(H2,16,17,20). The molecule has 0 aromatic heterocycles. The maximum absolute atomic E-state index is 11.8. The zero-order chi connectivity index (χ0) is 15.0. The molecule has 5 nitrogen and oxygen atoms in total. The van der Waals surface area contributed by atoms with Gasteiger partial charge in [-0.1, -0.05) is 39.5 Å². The van der Waals surface area contributed by atoms with Gasteiger partial charge < -0.3 is 15.7 Å². The van der Waals surface area contributed by atoms with Gasteiger partial charge in [0, 0.05) is 12.6 Å². The third-order valence-electron chi connectivity index (χ3n) is 3.80. The van der Waals surface area contributed by atoms with Gasteiger partial charge in [0.2, 0.25) is 0 Å². The minimum atomic E-state index is -0.839. The summed E-state index contributed by atoms with van der Waals surface area (Å²) in [4.78, 5) is 22.9. The van der Waals surface area contributed by atoms with E-state index in [9.17, 15) is 9.59 Å². The predicted molar refractivity (Wildman–Crippen MR) is 78.6 cm³/mol. The molecule has 0 bridgehead atoms. The highest BCUT2D eigenvalue weighted by Gasteiger charge is 2.20. The van der Waals surface area contributed by atoms with Crippen LogP contribution in [0.25, 0.3) is 0 Å². The highest BCUT2D eigenvalue weighted by atomic mass is 16.4. The third-order valence-corrected chi connectivity index (χ3v) is 3.80. The van der Waals surface area contributed by atoms with Crippen LogP contribution in [0.1, 0.15) is 58.8 Å². The van der Waals surface area contributed by atoms with Crippen molar-refractivity contribution in [2.45, 2.75) is 64.8 Å². The number of aliphatic carboxylic acids is 1. The van der Waals surface area contributed by atoms with Crippen molar-refractivity contribution in [2.75, 3.05) is 6.54 Å². The van der Waals surface area contributed by atoms with Crippen LogP contribution in [0.15, 0.2) is 0 Å². The Morgan fingerprint density at radius 3 is 2.25 bits per heavy atom. The van der Waals surface area contributed by atoms with Gasteiger partial charge in [0.1, 0.15) is 0 Å². The van der Waals surface area contributed by atoms with Crippen molar-refractivity contribution in [2.24, 2.45) is 11.8 Å². The highest BCUT2D eigenvalue weighted by Crippen LogP contribution is 2.17. The smallest absolute Gasteiger partial charge is 0.315 e. The average molecular weight is 284 g/mol. The molecule has 5 heteroatoms. The Morgan fingerprint density at radius 2 is 1.75 bits per heavy atom. The van der Waals surface area contributed by atoms with Crippen LogP contribution in [0.2, 0.25) is 0 Å². The normalized spacial score (nSPS) is 18.4. The van der Waals surface area contributed by atoms with Crippen molar-refractivity contribution in [1.82, 2.24) is 10.6 Å². The zero-order valence-corrected chi connectivity index (χ0v) is 12.7. The molecule has 0 heterocycles. The van der Waals surface area contributed by atoms with Crippen LogP contribution < -0.4 is 10.6 Å². The van der Waals surface area contributed by atoms with E-state index in [1.54, 1.807) is 0 Å². The molecule has 0 aromatic rings. The molecule has 3 N–H and O–H groups in total. The molecule has 1 unspecified atom stereocenters. The average Bonchev–Trinajstić information content (AvgIpc) is 2.62. The minimum Gasteiger partial charge on any atom is -0.481 e. The molecule has 2 amide bonds. The van der Waals surface area contributed by atoms with Crippen molar-refractivity contribution >= 4 is 12.0 Å². The van der Waals surface area contributed by atoms with Crippen LogP contribution in [-0.4, -0.2) is 29.7 Å². The number of rotatable bonds is 6. The fourth-order valence-corrected chi connectivity index (χ4v) is 2.72. The van der Waals surface area contributed by atoms with E-state index in [1.165, 1.54) is 12.8 Å². The number of carbonyl (C=O) groups is 2. The van der Waals surface area contributed by atoms with Gasteiger partial charge in [-0.05, 0) is 25.2 Å². The lowest BCUT2D eigenvalue weighted by molar-refractivity contribution is -0.142. The van der Waals surface area contributed by atoms with Gasteiger partial charge in [0.25, 0.3) is 0 Å². The Hall–Kier alpha value is -1.26. The summed E-state index contributed by atoms with van der Waals surface area (Å²) in [6, 6.07) is 0.0118. The first-order valence-corrected chi connectivity index (χ1v) is 7.76. The quantitative estimate of drug-likeness (QED) is 0.656. The first-order valence-electron chi connectivity index (χ1n) is 7.76. The van der Waals surface area contributed by atoms with Gasteiger partial charge >= 0.3 is 12.0 Å². The molecular formula is C15H28N2O3. The Balaban J connectivity index is 2.31. The second kappa shape index (κ2) is 8.82. The molecule has 0 radical (unpaired) electrons. The molecule has 0 aliphatic heterocycles. The Labute approximate surface area is 121 Å². The summed E-state index contributed by atoms with van der Waals surface area (Å²) in [5, 5.41) is 14.8. The molecule has 1 saturated carbocycles. The molecule has 0 spiro atoms. The summed E-state index contributed by atoms with van der Waals surface area (Å²) in [5.74, 6) is -1.04. The lowest BCUT2D eigenvalue weighted by atomic mass is 9.97. The Kier molecular flexibility index (Phi) is 7.41. The first-order chi connectivity index (χ1) is 9.49. The molecule has 1 atom stereocenters. The molecule has 20 heavy (non-hydrogen) atoms. The fraction of sp³-hybridized carbons (Fsp3) is 0.867. The monoisotopic (exact) mass is 284 g/mol. The van der Waals surface area contributed by atoms with Gasteiger partial charge in [-0.3, -0.25) is 4.79 Å². The predicted octanol–water partition coefficient (Wildman–Crippen LogP) is 2.76. The fourth-order valence-electron chi connectivity index (χ4n) is 2.72. The SMILES string of the molecule is CC(C)CC(CNC(=O)NC1CCCCCC1)C(=O)O. The van der Waals surface area contributed by atoms with Crippen LogP contribution in [0.4, 0.5) is 4.79 Å². The van der Waals surface area contributed by atoms with Gasteiger partial charge in [-0.25, -0.2) is 4.79 Å². The summed E-state index contributed by atoms with van der Waals surface area (Å²) >= 11 is 0. The van der Waals surface area contributed by atoms with Crippen molar-refractivity contribution in [3.63, 3.8) is 0 Å². The van der Waals surface area contributed by atoms with Gasteiger partial charge in [-0.15, -0.1) is 0 Å². The Morgan fingerprint density at radius 1 is 1.15 bits per heavy atom. The summed E-state index contributed by atoms with van der Waals surface area (Å²) in [7, 11) is 0. The van der Waals surface area contributed by atoms with Crippen molar-refractivity contribution in [3.05, 3.63) is 0 Å². The second-order valence-corrected chi connectivity index (χ2v) is 6.21. The largest absolute Gasteiger partial charge is 0.481 e. The van der Waals surface area contributed by atoms with E-state index < -0.39 is 11.9 Å². The topological polar surface area (TPSA) is 78.4 Å². The number of carboxylic acids is 1. The van der Waals surface area contributed by atoms with Gasteiger partial charge in [0.05, 0.1) is 5.92 Å². The van der Waals surface area contributed by atoms with Crippen LogP contribution >= 0.6 is 0 Å².